The Morgan fingerprint density at radius 1 is 0.500 bits per heavy atom. The maximum atomic E-state index is 9.87. The van der Waals surface area contributed by atoms with Gasteiger partial charge in [0.05, 0.1) is 0 Å². The monoisotopic (exact) mass is 800 g/mol. The molecule has 0 heterocycles. The van der Waals surface area contributed by atoms with E-state index in [9.17, 15) is 25.2 Å². The van der Waals surface area contributed by atoms with Gasteiger partial charge in [-0.2, -0.15) is 0 Å². The molecule has 5 aromatic carbocycles. The third kappa shape index (κ3) is 17.2. The van der Waals surface area contributed by atoms with E-state index in [0.29, 0.717) is 5.92 Å². The number of aryl methyl sites for hydroxylation is 1. The van der Waals surface area contributed by atoms with Gasteiger partial charge in [0, 0.05) is 5.90 Å². The van der Waals surface area contributed by atoms with E-state index in [2.05, 4.69) is 176 Å². The van der Waals surface area contributed by atoms with Gasteiger partial charge in [-0.25, -0.2) is 0 Å². The van der Waals surface area contributed by atoms with Crippen LogP contribution in [0.25, 0.3) is 0 Å². The van der Waals surface area contributed by atoms with Crippen LogP contribution >= 0.6 is 33.3 Å². The fraction of sp³-hybridized carbons (Fsp3) is 0.143. The molecule has 5 rings (SSSR count). The molecule has 0 amide bonds. The molecular weight excluding hydrogens is 764 g/mol. The van der Waals surface area contributed by atoms with Crippen molar-refractivity contribution >= 4 is 54.6 Å². The summed E-state index contributed by atoms with van der Waals surface area (Å²) in [6.45, 7) is 6.54. The second kappa shape index (κ2) is 17.9. The van der Waals surface area contributed by atoms with Crippen molar-refractivity contribution < 1.29 is 42.5 Å². The normalized spacial score (nSPS) is 12.4. The van der Waals surface area contributed by atoms with E-state index in [1.54, 1.807) is 0 Å². The van der Waals surface area contributed by atoms with Crippen molar-refractivity contribution in [2.75, 3.05) is 5.90 Å². The Morgan fingerprint density at radius 3 is 0.957 bits per heavy atom. The number of benzene rings is 5. The van der Waals surface area contributed by atoms with Gasteiger partial charge >= 0.3 is 60.0 Å². The predicted molar refractivity (Wildman–Crippen MR) is 188 cm³/mol. The van der Waals surface area contributed by atoms with Crippen LogP contribution in [0.5, 0.6) is 0 Å². The largest absolute Gasteiger partial charge is 0.0622 e. The first-order valence-electron chi connectivity index (χ1n) is 14.1. The topological polar surface area (TPSA) is 0 Å². The van der Waals surface area contributed by atoms with Crippen molar-refractivity contribution in [1.29, 1.82) is 0 Å². The van der Waals surface area contributed by atoms with Crippen LogP contribution < -0.4 is 21.2 Å². The number of halogens is 7. The smallest absolute Gasteiger partial charge is 0.00405 e. The Morgan fingerprint density at radius 2 is 0.739 bits per heavy atom. The molecule has 0 N–H and O–H groups in total. The minimum absolute atomic E-state index is 0.409. The summed E-state index contributed by atoms with van der Waals surface area (Å²) in [7, 11) is -6.91. The van der Waals surface area contributed by atoms with Crippen molar-refractivity contribution in [3.05, 3.63) is 157 Å². The van der Waals surface area contributed by atoms with Crippen molar-refractivity contribution in [2.45, 2.75) is 26.7 Å². The summed E-state index contributed by atoms with van der Waals surface area (Å²) < 4.78 is 59.2. The maximum Gasteiger partial charge on any atom is 0.00405 e. The van der Waals surface area contributed by atoms with Gasteiger partial charge in [-0.1, -0.05) is 165 Å². The Bertz CT molecular complexity index is 1370. The van der Waals surface area contributed by atoms with E-state index in [1.807, 2.05) is 17.3 Å². The summed E-state index contributed by atoms with van der Waals surface area (Å²) in [4.78, 5) is 0. The minimum Gasteiger partial charge on any atom is -0.0622 e. The van der Waals surface area contributed by atoms with Crippen molar-refractivity contribution in [3.8, 4) is 0 Å². The molecule has 0 aliphatic heterocycles. The molecule has 0 atom stereocenters. The summed E-state index contributed by atoms with van der Waals surface area (Å²) in [6.07, 6.45) is 0. The Balaban J connectivity index is 0.000000319. The first kappa shape index (κ1) is 40.1. The zero-order valence-corrected chi connectivity index (χ0v) is 30.7. The van der Waals surface area contributed by atoms with Gasteiger partial charge in [0.1, 0.15) is 0 Å². The summed E-state index contributed by atoms with van der Waals surface area (Å²) in [6, 6.07) is 52.8. The van der Waals surface area contributed by atoms with E-state index in [1.165, 1.54) is 38.2 Å². The second-order valence-electron chi connectivity index (χ2n) is 10.4. The van der Waals surface area contributed by atoms with E-state index in [-0.39, 0.29) is 0 Å². The third-order valence-electron chi connectivity index (χ3n) is 6.30. The maximum absolute atomic E-state index is 10.7. The molecular formula is C35H36ClF6P3Ru. The number of rotatable bonds is 7. The molecule has 0 bridgehead atoms. The fourth-order valence-electron chi connectivity index (χ4n) is 4.15. The van der Waals surface area contributed by atoms with E-state index in [4.69, 9.17) is 0 Å². The summed E-state index contributed by atoms with van der Waals surface area (Å²) in [5.41, 5.74) is 2.76. The van der Waals surface area contributed by atoms with Gasteiger partial charge in [-0.3, -0.25) is 0 Å². The summed E-state index contributed by atoms with van der Waals surface area (Å²) in [5.74, 6) is 1.83. The standard InChI is InChI=1S/C25H22P2.C10H14.ClH.F6P.Ru/c1-5-13-22(14-6-1)26(23-15-7-2-8-16-23)21-27(24-17-9-3-10-18-24)25-19-11-4-12-20-25;1-8(2)10-6-4-9(3)5-7-10;;1-7(2,3,4,5)6;/h1-20H,21H2;4-8H,1-3H3;1H;;/q;;;-1;+2/p-1. The average Bonchev–Trinajstić information content (AvgIpc) is 3.03. The molecule has 0 fully saturated rings. The van der Waals surface area contributed by atoms with Crippen molar-refractivity contribution in [1.82, 2.24) is 0 Å². The van der Waals surface area contributed by atoms with E-state index >= 15 is 0 Å². The Hall–Kier alpha value is -2.12. The molecule has 0 aliphatic carbocycles. The molecule has 0 nitrogen and oxygen atoms in total. The minimum atomic E-state index is -10.7. The van der Waals surface area contributed by atoms with Gasteiger partial charge in [0.25, 0.3) is 0 Å². The van der Waals surface area contributed by atoms with E-state index in [0.717, 1.165) is 0 Å². The Kier molecular flexibility index (Phi) is 15.6. The molecule has 0 spiro atoms. The molecule has 0 aliphatic rings. The predicted octanol–water partition coefficient (Wildman–Crippen LogP) is 12.4. The van der Waals surface area contributed by atoms with Gasteiger partial charge in [-0.05, 0) is 55.5 Å². The van der Waals surface area contributed by atoms with Crippen LogP contribution in [0.15, 0.2) is 146 Å². The molecule has 11 heteroatoms. The SMILES string of the molecule is Cc1ccc(C(C)C)cc1.F[P-](F)(F)(F)(F)F.[Cl][Ru+].c1ccc(P(CP(c2ccccc2)c2ccccc2)c2ccccc2)cc1. The first-order chi connectivity index (χ1) is 21.6. The zero-order chi connectivity index (χ0) is 34.3. The second-order valence-corrected chi connectivity index (χ2v) is 17.2. The zero-order valence-electron chi connectivity index (χ0n) is 25.5. The van der Waals surface area contributed by atoms with Gasteiger partial charge < -0.3 is 0 Å². The van der Waals surface area contributed by atoms with Crippen LogP contribution in [-0.4, -0.2) is 5.90 Å². The van der Waals surface area contributed by atoms with Gasteiger partial charge in [-0.15, -0.1) is 0 Å². The van der Waals surface area contributed by atoms with E-state index < -0.39 is 23.7 Å². The van der Waals surface area contributed by atoms with Crippen LogP contribution in [0.2, 0.25) is 0 Å². The van der Waals surface area contributed by atoms with Gasteiger partial charge in [0.15, 0.2) is 0 Å². The molecule has 0 aromatic heterocycles. The van der Waals surface area contributed by atoms with Crippen LogP contribution in [-0.2, 0) is 17.3 Å². The first-order valence-corrected chi connectivity index (χ1v) is 21.4. The molecule has 0 saturated carbocycles. The quantitative estimate of drug-likeness (QED) is 0.0874. The van der Waals surface area contributed by atoms with Crippen LogP contribution in [0.3, 0.4) is 0 Å². The van der Waals surface area contributed by atoms with Crippen LogP contribution in [0.4, 0.5) is 25.2 Å². The summed E-state index contributed by atoms with van der Waals surface area (Å²) in [5, 5.41) is 5.83. The molecule has 0 radical (unpaired) electrons. The molecule has 0 unspecified atom stereocenters. The van der Waals surface area contributed by atoms with Crippen LogP contribution in [0, 0.1) is 6.92 Å². The third-order valence-corrected chi connectivity index (χ3v) is 12.2. The van der Waals surface area contributed by atoms with Crippen molar-refractivity contribution in [3.63, 3.8) is 0 Å². The molecule has 5 aromatic rings. The Labute approximate surface area is 285 Å². The van der Waals surface area contributed by atoms with Crippen molar-refractivity contribution in [2.24, 2.45) is 0 Å². The summed E-state index contributed by atoms with van der Waals surface area (Å²) >= 11 is 1.82. The number of hydrogen-bond donors (Lipinski definition) is 0. The fourth-order valence-corrected chi connectivity index (χ4v) is 10.6. The molecule has 248 valence electrons. The van der Waals surface area contributed by atoms with Gasteiger partial charge in [0.2, 0.25) is 0 Å². The van der Waals surface area contributed by atoms with Crippen LogP contribution in [0.1, 0.15) is 30.9 Å². The molecule has 46 heavy (non-hydrogen) atoms. The molecule has 0 saturated heterocycles. The average molecular weight is 800 g/mol. The number of hydrogen-bond acceptors (Lipinski definition) is 0.